The predicted octanol–water partition coefficient (Wildman–Crippen LogP) is 4.46. The van der Waals surface area contributed by atoms with Gasteiger partial charge in [0.1, 0.15) is 0 Å². The zero-order valence-electron chi connectivity index (χ0n) is 13.3. The van der Waals surface area contributed by atoms with Crippen molar-refractivity contribution in [1.29, 1.82) is 0 Å². The van der Waals surface area contributed by atoms with Crippen LogP contribution in [0.2, 0.25) is 0 Å². The summed E-state index contributed by atoms with van der Waals surface area (Å²) in [7, 11) is 0. The van der Waals surface area contributed by atoms with Crippen LogP contribution in [0, 0.1) is 13.8 Å². The Bertz CT molecular complexity index is 882. The van der Waals surface area contributed by atoms with Crippen molar-refractivity contribution in [3.8, 4) is 0 Å². The van der Waals surface area contributed by atoms with Crippen LogP contribution < -0.4 is 10.6 Å². The fourth-order valence-corrected chi connectivity index (χ4v) is 3.04. The Labute approximate surface area is 143 Å². The number of anilines is 2. The van der Waals surface area contributed by atoms with Crippen LogP contribution in [0.5, 0.6) is 0 Å². The fraction of sp³-hybridized carbons (Fsp3) is 0.111. The van der Waals surface area contributed by atoms with Gasteiger partial charge in [0.05, 0.1) is 16.1 Å². The number of benzene rings is 1. The van der Waals surface area contributed by atoms with Gasteiger partial charge in [-0.3, -0.25) is 9.59 Å². The molecule has 3 aromatic rings. The summed E-state index contributed by atoms with van der Waals surface area (Å²) < 4.78 is 5.04. The van der Waals surface area contributed by atoms with Gasteiger partial charge in [0.15, 0.2) is 5.76 Å². The number of furan rings is 1. The third-order valence-corrected chi connectivity index (χ3v) is 4.44. The van der Waals surface area contributed by atoms with E-state index in [-0.39, 0.29) is 17.6 Å². The second kappa shape index (κ2) is 6.72. The summed E-state index contributed by atoms with van der Waals surface area (Å²) in [6, 6.07) is 12.5. The highest BCUT2D eigenvalue weighted by Gasteiger charge is 2.14. The molecule has 0 saturated carbocycles. The first-order valence-corrected chi connectivity index (χ1v) is 8.18. The van der Waals surface area contributed by atoms with E-state index in [9.17, 15) is 9.59 Å². The number of amides is 2. The zero-order chi connectivity index (χ0) is 17.1. The lowest BCUT2D eigenvalue weighted by Gasteiger charge is -2.08. The standard InChI is InChI=1S/C18H16N2O3S/c1-11-5-6-13(12(2)10-11)19-18(22)15-7-8-16(24-15)20-17(21)14-4-3-9-23-14/h3-10H,1-2H3,(H,19,22)(H,20,21). The van der Waals surface area contributed by atoms with Gasteiger partial charge in [0.2, 0.25) is 0 Å². The van der Waals surface area contributed by atoms with Crippen LogP contribution in [0.3, 0.4) is 0 Å². The van der Waals surface area contributed by atoms with Crippen molar-refractivity contribution >= 4 is 33.8 Å². The van der Waals surface area contributed by atoms with Gasteiger partial charge < -0.3 is 15.1 Å². The van der Waals surface area contributed by atoms with Crippen LogP contribution in [0.15, 0.2) is 53.1 Å². The molecule has 1 aromatic carbocycles. The molecule has 2 heterocycles. The molecule has 0 atom stereocenters. The quantitative estimate of drug-likeness (QED) is 0.736. The second-order valence-electron chi connectivity index (χ2n) is 5.37. The van der Waals surface area contributed by atoms with E-state index < -0.39 is 0 Å². The largest absolute Gasteiger partial charge is 0.459 e. The van der Waals surface area contributed by atoms with Gasteiger partial charge in [-0.25, -0.2) is 0 Å². The summed E-state index contributed by atoms with van der Waals surface area (Å²) >= 11 is 1.21. The third-order valence-electron chi connectivity index (χ3n) is 3.44. The van der Waals surface area contributed by atoms with E-state index in [2.05, 4.69) is 10.6 Å². The topological polar surface area (TPSA) is 71.3 Å². The van der Waals surface area contributed by atoms with Gasteiger partial charge in [0.25, 0.3) is 11.8 Å². The summed E-state index contributed by atoms with van der Waals surface area (Å²) in [6.45, 7) is 3.96. The molecule has 2 aromatic heterocycles. The first-order valence-electron chi connectivity index (χ1n) is 7.36. The SMILES string of the molecule is Cc1ccc(NC(=O)c2ccc(NC(=O)c3ccco3)s2)c(C)c1. The lowest BCUT2D eigenvalue weighted by Crippen LogP contribution is -2.11. The molecule has 2 N–H and O–H groups in total. The second-order valence-corrected chi connectivity index (χ2v) is 6.45. The molecule has 0 unspecified atom stereocenters. The Balaban J connectivity index is 1.68. The minimum Gasteiger partial charge on any atom is -0.459 e. The number of hydrogen-bond acceptors (Lipinski definition) is 4. The van der Waals surface area contributed by atoms with E-state index >= 15 is 0 Å². The Morgan fingerprint density at radius 1 is 1.00 bits per heavy atom. The van der Waals surface area contributed by atoms with E-state index in [0.717, 1.165) is 16.8 Å². The lowest BCUT2D eigenvalue weighted by atomic mass is 10.1. The molecule has 0 aliphatic rings. The Kier molecular flexibility index (Phi) is 4.48. The summed E-state index contributed by atoms with van der Waals surface area (Å²) in [5.74, 6) is -0.321. The van der Waals surface area contributed by atoms with Crippen molar-refractivity contribution in [2.24, 2.45) is 0 Å². The van der Waals surface area contributed by atoms with Gasteiger partial charge in [-0.15, -0.1) is 11.3 Å². The maximum Gasteiger partial charge on any atom is 0.291 e. The number of carbonyl (C=O) groups excluding carboxylic acids is 2. The van der Waals surface area contributed by atoms with Gasteiger partial charge in [0, 0.05) is 5.69 Å². The Hall–Kier alpha value is -2.86. The molecule has 0 spiro atoms. The van der Waals surface area contributed by atoms with Crippen molar-refractivity contribution in [3.05, 3.63) is 70.5 Å². The number of aryl methyl sites for hydroxylation is 2. The van der Waals surface area contributed by atoms with Crippen LogP contribution in [-0.4, -0.2) is 11.8 Å². The molecule has 0 aliphatic carbocycles. The molecule has 0 fully saturated rings. The van der Waals surface area contributed by atoms with Crippen molar-refractivity contribution in [3.63, 3.8) is 0 Å². The zero-order valence-corrected chi connectivity index (χ0v) is 14.1. The molecular formula is C18H16N2O3S. The summed E-state index contributed by atoms with van der Waals surface area (Å²) in [4.78, 5) is 24.8. The van der Waals surface area contributed by atoms with Crippen LogP contribution in [0.4, 0.5) is 10.7 Å². The molecule has 0 radical (unpaired) electrons. The Morgan fingerprint density at radius 2 is 1.83 bits per heavy atom. The summed E-state index contributed by atoms with van der Waals surface area (Å²) in [5, 5.41) is 6.18. The summed E-state index contributed by atoms with van der Waals surface area (Å²) in [5.41, 5.74) is 2.93. The minimum absolute atomic E-state index is 0.203. The molecule has 6 heteroatoms. The minimum atomic E-state index is -0.344. The van der Waals surface area contributed by atoms with Crippen LogP contribution in [0.1, 0.15) is 31.4 Å². The van der Waals surface area contributed by atoms with E-state index in [1.54, 1.807) is 24.3 Å². The maximum absolute atomic E-state index is 12.3. The van der Waals surface area contributed by atoms with Crippen molar-refractivity contribution < 1.29 is 14.0 Å². The number of thiophene rings is 1. The van der Waals surface area contributed by atoms with Gasteiger partial charge in [-0.05, 0) is 49.7 Å². The molecule has 5 nitrogen and oxygen atoms in total. The van der Waals surface area contributed by atoms with Crippen LogP contribution >= 0.6 is 11.3 Å². The molecule has 122 valence electrons. The van der Waals surface area contributed by atoms with Gasteiger partial charge >= 0.3 is 0 Å². The number of carbonyl (C=O) groups is 2. The number of rotatable bonds is 4. The normalized spacial score (nSPS) is 10.4. The molecule has 24 heavy (non-hydrogen) atoms. The van der Waals surface area contributed by atoms with E-state index in [1.165, 1.54) is 17.6 Å². The highest BCUT2D eigenvalue weighted by molar-refractivity contribution is 7.18. The van der Waals surface area contributed by atoms with Crippen molar-refractivity contribution in [2.75, 3.05) is 10.6 Å². The van der Waals surface area contributed by atoms with Crippen LogP contribution in [-0.2, 0) is 0 Å². The fourth-order valence-electron chi connectivity index (χ4n) is 2.25. The molecule has 0 aliphatic heterocycles. The highest BCUT2D eigenvalue weighted by Crippen LogP contribution is 2.24. The molecular weight excluding hydrogens is 324 g/mol. The highest BCUT2D eigenvalue weighted by atomic mass is 32.1. The number of hydrogen-bond donors (Lipinski definition) is 2. The van der Waals surface area contributed by atoms with Gasteiger partial charge in [-0.1, -0.05) is 17.7 Å². The average molecular weight is 340 g/mol. The molecule has 0 bridgehead atoms. The van der Waals surface area contributed by atoms with E-state index in [4.69, 9.17) is 4.42 Å². The van der Waals surface area contributed by atoms with Crippen LogP contribution in [0.25, 0.3) is 0 Å². The Morgan fingerprint density at radius 3 is 2.54 bits per heavy atom. The lowest BCUT2D eigenvalue weighted by molar-refractivity contribution is 0.0995. The molecule has 3 rings (SSSR count). The summed E-state index contributed by atoms with van der Waals surface area (Å²) in [6.07, 6.45) is 1.44. The smallest absolute Gasteiger partial charge is 0.291 e. The predicted molar refractivity (Wildman–Crippen MR) is 94.8 cm³/mol. The molecule has 0 saturated heterocycles. The monoisotopic (exact) mass is 340 g/mol. The molecule has 2 amide bonds. The first-order chi connectivity index (χ1) is 11.5. The van der Waals surface area contributed by atoms with E-state index in [1.807, 2.05) is 32.0 Å². The first kappa shape index (κ1) is 16.0. The third kappa shape index (κ3) is 3.55. The van der Waals surface area contributed by atoms with E-state index in [0.29, 0.717) is 9.88 Å². The number of nitrogens with one attached hydrogen (secondary N) is 2. The average Bonchev–Trinajstić information content (AvgIpc) is 3.21. The van der Waals surface area contributed by atoms with Gasteiger partial charge in [-0.2, -0.15) is 0 Å². The van der Waals surface area contributed by atoms with Crippen molar-refractivity contribution in [2.45, 2.75) is 13.8 Å². The van der Waals surface area contributed by atoms with Crippen molar-refractivity contribution in [1.82, 2.24) is 0 Å². The maximum atomic E-state index is 12.3.